The van der Waals surface area contributed by atoms with E-state index in [1.807, 2.05) is 54.3 Å². The average molecular weight is 425 g/mol. The minimum Gasteiger partial charge on any atom is -0.492 e. The quantitative estimate of drug-likeness (QED) is 0.619. The molecular weight excluding hydrogens is 396 g/mol. The smallest absolute Gasteiger partial charge is 0.232 e. The van der Waals surface area contributed by atoms with Gasteiger partial charge in [-0.3, -0.25) is 4.79 Å². The highest BCUT2D eigenvalue weighted by atomic mass is 32.2. The van der Waals surface area contributed by atoms with Gasteiger partial charge in [0.1, 0.15) is 11.6 Å². The molecule has 3 aromatic rings. The predicted octanol–water partition coefficient (Wildman–Crippen LogP) is 4.10. The maximum atomic E-state index is 12.7. The molecule has 0 aliphatic carbocycles. The number of nitrogens with zero attached hydrogens (tertiary/aromatic N) is 3. The summed E-state index contributed by atoms with van der Waals surface area (Å²) in [5.41, 5.74) is 3.11. The molecule has 0 spiro atoms. The first-order chi connectivity index (χ1) is 14.7. The number of anilines is 1. The van der Waals surface area contributed by atoms with Crippen molar-refractivity contribution < 1.29 is 9.53 Å². The number of amides is 1. The molecule has 1 aliphatic heterocycles. The summed E-state index contributed by atoms with van der Waals surface area (Å²) in [6.45, 7) is 7.85. The Kier molecular flexibility index (Phi) is 6.47. The summed E-state index contributed by atoms with van der Waals surface area (Å²) in [5, 5.41) is 0.140. The van der Waals surface area contributed by atoms with Gasteiger partial charge in [0, 0.05) is 26.2 Å². The molecule has 2 aromatic carbocycles. The van der Waals surface area contributed by atoms with Gasteiger partial charge in [-0.25, -0.2) is 4.98 Å². The lowest BCUT2D eigenvalue weighted by Crippen LogP contribution is -2.49. The molecule has 0 bridgehead atoms. The van der Waals surface area contributed by atoms with Gasteiger partial charge in [-0.1, -0.05) is 24.3 Å². The number of piperazine rings is 1. The Morgan fingerprint density at radius 3 is 2.63 bits per heavy atom. The number of hydrogen-bond acceptors (Lipinski definition) is 5. The zero-order valence-corrected chi connectivity index (χ0v) is 18.3. The second-order valence-corrected chi connectivity index (χ2v) is 8.69. The van der Waals surface area contributed by atoms with Crippen LogP contribution in [0.5, 0.6) is 5.75 Å². The van der Waals surface area contributed by atoms with Gasteiger partial charge in [0.25, 0.3) is 0 Å². The molecule has 1 atom stereocenters. The largest absolute Gasteiger partial charge is 0.492 e. The second-order valence-electron chi connectivity index (χ2n) is 7.36. The van der Waals surface area contributed by atoms with Crippen LogP contribution in [-0.2, 0) is 4.79 Å². The fourth-order valence-electron chi connectivity index (χ4n) is 3.72. The lowest BCUT2D eigenvalue weighted by molar-refractivity contribution is -0.128. The normalized spacial score (nSPS) is 15.4. The summed E-state index contributed by atoms with van der Waals surface area (Å²) in [5.74, 6) is 2.50. The van der Waals surface area contributed by atoms with Crippen molar-refractivity contribution in [2.45, 2.75) is 19.1 Å². The van der Waals surface area contributed by atoms with Crippen molar-refractivity contribution in [2.75, 3.05) is 43.4 Å². The van der Waals surface area contributed by atoms with Crippen LogP contribution in [-0.4, -0.2) is 59.3 Å². The van der Waals surface area contributed by atoms with Gasteiger partial charge in [0.2, 0.25) is 5.91 Å². The Bertz CT molecular complexity index is 965. The molecule has 2 heterocycles. The number of imidazole rings is 1. The van der Waals surface area contributed by atoms with Crippen LogP contribution in [0, 0.1) is 0 Å². The lowest BCUT2D eigenvalue weighted by atomic mass is 10.2. The summed E-state index contributed by atoms with van der Waals surface area (Å²) in [6.07, 6.45) is 0. The number of nitrogens with one attached hydrogen (secondary N) is 1. The van der Waals surface area contributed by atoms with E-state index in [0.717, 1.165) is 54.5 Å². The van der Waals surface area contributed by atoms with Crippen LogP contribution in [0.15, 0.2) is 48.5 Å². The highest BCUT2D eigenvalue weighted by Gasteiger charge is 2.23. The number of hydrogen-bond donors (Lipinski definition) is 1. The number of thioether (sulfide) groups is 1. The van der Waals surface area contributed by atoms with Crippen LogP contribution in [0.4, 0.5) is 5.69 Å². The van der Waals surface area contributed by atoms with E-state index in [9.17, 15) is 4.79 Å². The standard InChI is InChI=1S/C23H28N4O2S/c1-3-29-21-11-7-6-10-20(21)26-12-14-27(15-13-26)22(28)16-30-17(2)23-24-18-8-4-5-9-19(18)25-23/h4-11,17H,3,12-16H2,1-2H3,(H,24,25). The SMILES string of the molecule is CCOc1ccccc1N1CCN(C(=O)CSC(C)c2nc3ccccc3[nH]2)CC1. The van der Waals surface area contributed by atoms with Gasteiger partial charge in [-0.05, 0) is 38.1 Å². The Balaban J connectivity index is 1.29. The van der Waals surface area contributed by atoms with Gasteiger partial charge in [0.15, 0.2) is 0 Å². The molecule has 1 N–H and O–H groups in total. The Morgan fingerprint density at radius 1 is 1.13 bits per heavy atom. The number of rotatable bonds is 7. The monoisotopic (exact) mass is 424 g/mol. The minimum absolute atomic E-state index is 0.140. The van der Waals surface area contributed by atoms with Crippen LogP contribution in [0.1, 0.15) is 24.9 Å². The lowest BCUT2D eigenvalue weighted by Gasteiger charge is -2.36. The van der Waals surface area contributed by atoms with E-state index >= 15 is 0 Å². The second kappa shape index (κ2) is 9.43. The molecule has 1 amide bonds. The fourth-order valence-corrected chi connectivity index (χ4v) is 4.57. The maximum absolute atomic E-state index is 12.7. The number of benzene rings is 2. The van der Waals surface area contributed by atoms with Crippen LogP contribution in [0.3, 0.4) is 0 Å². The molecule has 1 aromatic heterocycles. The number of fused-ring (bicyclic) bond motifs is 1. The van der Waals surface area contributed by atoms with E-state index in [1.54, 1.807) is 11.8 Å². The molecule has 6 nitrogen and oxygen atoms in total. The number of carbonyl (C=O) groups excluding carboxylic acids is 1. The highest BCUT2D eigenvalue weighted by molar-refractivity contribution is 8.00. The van der Waals surface area contributed by atoms with Crippen LogP contribution in [0.25, 0.3) is 11.0 Å². The van der Waals surface area contributed by atoms with Gasteiger partial charge < -0.3 is 19.5 Å². The van der Waals surface area contributed by atoms with E-state index in [1.165, 1.54) is 0 Å². The van der Waals surface area contributed by atoms with Gasteiger partial charge in [-0.2, -0.15) is 0 Å². The molecule has 1 aliphatic rings. The van der Waals surface area contributed by atoms with Gasteiger partial charge in [0.05, 0.1) is 34.3 Å². The number of aromatic amines is 1. The van der Waals surface area contributed by atoms with Crippen LogP contribution < -0.4 is 9.64 Å². The van der Waals surface area contributed by atoms with Crippen molar-refractivity contribution >= 4 is 34.4 Å². The molecular formula is C23H28N4O2S. The first-order valence-corrected chi connectivity index (χ1v) is 11.5. The van der Waals surface area contributed by atoms with Crippen molar-refractivity contribution in [1.29, 1.82) is 0 Å². The minimum atomic E-state index is 0.140. The van der Waals surface area contributed by atoms with E-state index in [4.69, 9.17) is 4.74 Å². The Labute approximate surface area is 181 Å². The highest BCUT2D eigenvalue weighted by Crippen LogP contribution is 2.30. The van der Waals surface area contributed by atoms with E-state index in [-0.39, 0.29) is 11.2 Å². The topological polar surface area (TPSA) is 61.5 Å². The number of carbonyl (C=O) groups is 1. The number of H-pyrrole nitrogens is 1. The zero-order chi connectivity index (χ0) is 20.9. The zero-order valence-electron chi connectivity index (χ0n) is 17.5. The molecule has 0 saturated carbocycles. The van der Waals surface area contributed by atoms with Gasteiger partial charge in [-0.15, -0.1) is 11.8 Å². The Hall–Kier alpha value is -2.67. The van der Waals surface area contributed by atoms with Crippen LogP contribution >= 0.6 is 11.8 Å². The van der Waals surface area contributed by atoms with Crippen molar-refractivity contribution in [2.24, 2.45) is 0 Å². The molecule has 0 radical (unpaired) electrons. The molecule has 158 valence electrons. The van der Waals surface area contributed by atoms with Crippen molar-refractivity contribution in [3.8, 4) is 5.75 Å². The fraction of sp³-hybridized carbons (Fsp3) is 0.391. The molecule has 4 rings (SSSR count). The first kappa shape index (κ1) is 20.6. The first-order valence-electron chi connectivity index (χ1n) is 10.5. The van der Waals surface area contributed by atoms with Crippen LogP contribution in [0.2, 0.25) is 0 Å². The third kappa shape index (κ3) is 4.56. The summed E-state index contributed by atoms with van der Waals surface area (Å²) in [4.78, 5) is 25.0. The van der Waals surface area contributed by atoms with Crippen molar-refractivity contribution in [3.05, 3.63) is 54.4 Å². The average Bonchev–Trinajstić information content (AvgIpc) is 3.22. The summed E-state index contributed by atoms with van der Waals surface area (Å²) >= 11 is 1.63. The summed E-state index contributed by atoms with van der Waals surface area (Å²) in [6, 6.07) is 16.1. The number of ether oxygens (including phenoxy) is 1. The summed E-state index contributed by atoms with van der Waals surface area (Å²) in [7, 11) is 0. The number of aromatic nitrogens is 2. The summed E-state index contributed by atoms with van der Waals surface area (Å²) < 4.78 is 5.76. The Morgan fingerprint density at radius 2 is 1.87 bits per heavy atom. The molecule has 1 unspecified atom stereocenters. The predicted molar refractivity (Wildman–Crippen MR) is 123 cm³/mol. The van der Waals surface area contributed by atoms with E-state index in [0.29, 0.717) is 12.4 Å². The van der Waals surface area contributed by atoms with Gasteiger partial charge >= 0.3 is 0 Å². The van der Waals surface area contributed by atoms with E-state index in [2.05, 4.69) is 27.9 Å². The molecule has 7 heteroatoms. The number of para-hydroxylation sites is 4. The third-order valence-electron chi connectivity index (χ3n) is 5.39. The van der Waals surface area contributed by atoms with Crippen molar-refractivity contribution in [3.63, 3.8) is 0 Å². The third-order valence-corrected chi connectivity index (χ3v) is 6.52. The molecule has 1 saturated heterocycles. The maximum Gasteiger partial charge on any atom is 0.232 e. The molecule has 30 heavy (non-hydrogen) atoms. The molecule has 1 fully saturated rings. The van der Waals surface area contributed by atoms with E-state index < -0.39 is 0 Å². The van der Waals surface area contributed by atoms with Crippen molar-refractivity contribution in [1.82, 2.24) is 14.9 Å².